The molecule has 0 radical (unpaired) electrons. The predicted octanol–water partition coefficient (Wildman–Crippen LogP) is 4.13. The molecule has 0 heterocycles. The first-order chi connectivity index (χ1) is 9.06. The third-order valence-electron chi connectivity index (χ3n) is 2.92. The third kappa shape index (κ3) is 3.61. The van der Waals surface area contributed by atoms with Crippen molar-refractivity contribution in [3.8, 4) is 11.1 Å². The van der Waals surface area contributed by atoms with Crippen LogP contribution in [0.1, 0.15) is 19.4 Å². The van der Waals surface area contributed by atoms with Gasteiger partial charge in [0, 0.05) is 12.6 Å². The molecular formula is C16H17F2N. The minimum atomic E-state index is -0.818. The van der Waals surface area contributed by atoms with Crippen LogP contribution in [0.3, 0.4) is 0 Å². The van der Waals surface area contributed by atoms with Gasteiger partial charge in [0.1, 0.15) is 0 Å². The first-order valence-electron chi connectivity index (χ1n) is 6.34. The minimum absolute atomic E-state index is 0.436. The average Bonchev–Trinajstić information content (AvgIpc) is 2.40. The molecule has 0 aliphatic rings. The lowest BCUT2D eigenvalue weighted by Gasteiger charge is -2.09. The SMILES string of the molecule is CC(C)NCc1ccc(-c2ccc(F)c(F)c2)cc1. The molecule has 0 aliphatic heterocycles. The van der Waals surface area contributed by atoms with E-state index in [9.17, 15) is 8.78 Å². The Balaban J connectivity index is 2.15. The lowest BCUT2D eigenvalue weighted by atomic mass is 10.0. The number of nitrogens with one attached hydrogen (secondary N) is 1. The van der Waals surface area contributed by atoms with E-state index >= 15 is 0 Å². The van der Waals surface area contributed by atoms with Gasteiger partial charge >= 0.3 is 0 Å². The van der Waals surface area contributed by atoms with Crippen LogP contribution >= 0.6 is 0 Å². The van der Waals surface area contributed by atoms with Crippen molar-refractivity contribution >= 4 is 0 Å². The van der Waals surface area contributed by atoms with Crippen LogP contribution < -0.4 is 5.32 Å². The summed E-state index contributed by atoms with van der Waals surface area (Å²) in [4.78, 5) is 0. The van der Waals surface area contributed by atoms with Crippen molar-refractivity contribution in [1.29, 1.82) is 0 Å². The summed E-state index contributed by atoms with van der Waals surface area (Å²) in [6.07, 6.45) is 0. The molecule has 100 valence electrons. The number of hydrogen-bond acceptors (Lipinski definition) is 1. The van der Waals surface area contributed by atoms with Crippen molar-refractivity contribution < 1.29 is 8.78 Å². The molecule has 0 bridgehead atoms. The minimum Gasteiger partial charge on any atom is -0.310 e. The van der Waals surface area contributed by atoms with Gasteiger partial charge in [-0.25, -0.2) is 8.78 Å². The molecule has 0 saturated heterocycles. The summed E-state index contributed by atoms with van der Waals surface area (Å²) in [5, 5.41) is 3.33. The summed E-state index contributed by atoms with van der Waals surface area (Å²) < 4.78 is 26.0. The highest BCUT2D eigenvalue weighted by atomic mass is 19.2. The zero-order valence-electron chi connectivity index (χ0n) is 11.1. The monoisotopic (exact) mass is 261 g/mol. The third-order valence-corrected chi connectivity index (χ3v) is 2.92. The highest BCUT2D eigenvalue weighted by Gasteiger charge is 2.04. The smallest absolute Gasteiger partial charge is 0.159 e. The Kier molecular flexibility index (Phi) is 4.27. The number of halogens is 2. The topological polar surface area (TPSA) is 12.0 Å². The van der Waals surface area contributed by atoms with Crippen LogP contribution in [-0.2, 0) is 6.54 Å². The second-order valence-corrected chi connectivity index (χ2v) is 4.86. The van der Waals surface area contributed by atoms with Crippen molar-refractivity contribution in [3.63, 3.8) is 0 Å². The molecule has 19 heavy (non-hydrogen) atoms. The summed E-state index contributed by atoms with van der Waals surface area (Å²) in [5.74, 6) is -1.63. The van der Waals surface area contributed by atoms with Crippen molar-refractivity contribution in [2.75, 3.05) is 0 Å². The van der Waals surface area contributed by atoms with Crippen LogP contribution in [-0.4, -0.2) is 6.04 Å². The van der Waals surface area contributed by atoms with Gasteiger partial charge in [0.05, 0.1) is 0 Å². The number of hydrogen-bond donors (Lipinski definition) is 1. The fraction of sp³-hybridized carbons (Fsp3) is 0.250. The molecule has 0 atom stereocenters. The van der Waals surface area contributed by atoms with Crippen LogP contribution in [0, 0.1) is 11.6 Å². The van der Waals surface area contributed by atoms with Gasteiger partial charge in [-0.1, -0.05) is 44.2 Å². The first-order valence-corrected chi connectivity index (χ1v) is 6.34. The zero-order chi connectivity index (χ0) is 13.8. The van der Waals surface area contributed by atoms with E-state index in [1.807, 2.05) is 24.3 Å². The Morgan fingerprint density at radius 1 is 0.895 bits per heavy atom. The van der Waals surface area contributed by atoms with E-state index < -0.39 is 11.6 Å². The normalized spacial score (nSPS) is 11.0. The Bertz CT molecular complexity index is 547. The Hall–Kier alpha value is -1.74. The fourth-order valence-electron chi connectivity index (χ4n) is 1.81. The van der Waals surface area contributed by atoms with Crippen molar-refractivity contribution in [1.82, 2.24) is 5.32 Å². The van der Waals surface area contributed by atoms with Gasteiger partial charge in [0.15, 0.2) is 11.6 Å². The molecule has 1 N–H and O–H groups in total. The van der Waals surface area contributed by atoms with Crippen LogP contribution in [0.25, 0.3) is 11.1 Å². The van der Waals surface area contributed by atoms with Crippen LogP contribution in [0.5, 0.6) is 0 Å². The van der Waals surface area contributed by atoms with Crippen LogP contribution in [0.2, 0.25) is 0 Å². The molecule has 2 rings (SSSR count). The lowest BCUT2D eigenvalue weighted by Crippen LogP contribution is -2.21. The van der Waals surface area contributed by atoms with Gasteiger partial charge in [-0.3, -0.25) is 0 Å². The van der Waals surface area contributed by atoms with Gasteiger partial charge in [0.25, 0.3) is 0 Å². The molecule has 2 aromatic rings. The Morgan fingerprint density at radius 3 is 2.11 bits per heavy atom. The highest BCUT2D eigenvalue weighted by Crippen LogP contribution is 2.22. The molecule has 0 saturated carbocycles. The molecule has 0 unspecified atom stereocenters. The average molecular weight is 261 g/mol. The van der Waals surface area contributed by atoms with Gasteiger partial charge < -0.3 is 5.32 Å². The van der Waals surface area contributed by atoms with Crippen LogP contribution in [0.4, 0.5) is 8.78 Å². The zero-order valence-corrected chi connectivity index (χ0v) is 11.1. The highest BCUT2D eigenvalue weighted by molar-refractivity contribution is 5.63. The molecule has 0 aromatic heterocycles. The van der Waals surface area contributed by atoms with Gasteiger partial charge in [-0.05, 0) is 28.8 Å². The standard InChI is InChI=1S/C16H17F2N/c1-11(2)19-10-12-3-5-13(6-4-12)14-7-8-15(17)16(18)9-14/h3-9,11,19H,10H2,1-2H3. The maximum absolute atomic E-state index is 13.2. The Morgan fingerprint density at radius 2 is 1.53 bits per heavy atom. The van der Waals surface area contributed by atoms with Gasteiger partial charge in [-0.15, -0.1) is 0 Å². The van der Waals surface area contributed by atoms with E-state index in [4.69, 9.17) is 0 Å². The summed E-state index contributed by atoms with van der Waals surface area (Å²) >= 11 is 0. The summed E-state index contributed by atoms with van der Waals surface area (Å²) in [7, 11) is 0. The molecule has 0 aliphatic carbocycles. The summed E-state index contributed by atoms with van der Waals surface area (Å²) in [5.41, 5.74) is 2.73. The van der Waals surface area contributed by atoms with E-state index in [0.717, 1.165) is 18.2 Å². The molecule has 0 spiro atoms. The van der Waals surface area contributed by atoms with Crippen molar-refractivity contribution in [2.45, 2.75) is 26.4 Å². The quantitative estimate of drug-likeness (QED) is 0.872. The van der Waals surface area contributed by atoms with Crippen LogP contribution in [0.15, 0.2) is 42.5 Å². The van der Waals surface area contributed by atoms with Crippen molar-refractivity contribution in [2.24, 2.45) is 0 Å². The number of rotatable bonds is 4. The molecule has 0 fully saturated rings. The van der Waals surface area contributed by atoms with Gasteiger partial charge in [-0.2, -0.15) is 0 Å². The molecule has 2 aromatic carbocycles. The van der Waals surface area contributed by atoms with Gasteiger partial charge in [0.2, 0.25) is 0 Å². The van der Waals surface area contributed by atoms with E-state index in [1.54, 1.807) is 6.07 Å². The largest absolute Gasteiger partial charge is 0.310 e. The predicted molar refractivity (Wildman–Crippen MR) is 73.8 cm³/mol. The second-order valence-electron chi connectivity index (χ2n) is 4.86. The Labute approximate surface area is 112 Å². The summed E-state index contributed by atoms with van der Waals surface area (Å²) in [6.45, 7) is 4.99. The molecule has 0 amide bonds. The van der Waals surface area contributed by atoms with E-state index in [-0.39, 0.29) is 0 Å². The fourth-order valence-corrected chi connectivity index (χ4v) is 1.81. The maximum Gasteiger partial charge on any atom is 0.159 e. The lowest BCUT2D eigenvalue weighted by molar-refractivity contribution is 0.509. The van der Waals surface area contributed by atoms with Crippen molar-refractivity contribution in [3.05, 3.63) is 59.7 Å². The first kappa shape index (κ1) is 13.7. The van der Waals surface area contributed by atoms with E-state index in [2.05, 4.69) is 19.2 Å². The molecule has 3 heteroatoms. The summed E-state index contributed by atoms with van der Waals surface area (Å²) in [6, 6.07) is 12.2. The van der Waals surface area contributed by atoms with E-state index in [1.165, 1.54) is 11.6 Å². The number of benzene rings is 2. The maximum atomic E-state index is 13.2. The van der Waals surface area contributed by atoms with E-state index in [0.29, 0.717) is 11.6 Å². The molecular weight excluding hydrogens is 244 g/mol. The molecule has 1 nitrogen and oxygen atoms in total. The second kappa shape index (κ2) is 5.93.